The van der Waals surface area contributed by atoms with E-state index in [1.807, 2.05) is 0 Å². The molecule has 0 saturated carbocycles. The van der Waals surface area contributed by atoms with Gasteiger partial charge in [-0.1, -0.05) is 29.8 Å². The van der Waals surface area contributed by atoms with Gasteiger partial charge in [0, 0.05) is 30.9 Å². The Morgan fingerprint density at radius 2 is 1.77 bits per heavy atom. The summed E-state index contributed by atoms with van der Waals surface area (Å²) < 4.78 is 27.6. The molecule has 2 aromatic carbocycles. The van der Waals surface area contributed by atoms with E-state index in [0.29, 0.717) is 12.1 Å². The molecule has 1 saturated heterocycles. The number of Topliss-reactive ketones (excluding diaryl/α,β-unsaturated/α-hetero) is 1. The van der Waals surface area contributed by atoms with Crippen LogP contribution in [0.3, 0.4) is 0 Å². The quantitative estimate of drug-likeness (QED) is 0.792. The predicted molar refractivity (Wildman–Crippen MR) is 103 cm³/mol. The first-order valence-electron chi connectivity index (χ1n) is 8.77. The van der Waals surface area contributed by atoms with E-state index in [1.165, 1.54) is 30.3 Å². The molecule has 0 aliphatic carbocycles. The van der Waals surface area contributed by atoms with Gasteiger partial charge in [-0.05, 0) is 50.5 Å². The second-order valence-electron chi connectivity index (χ2n) is 6.87. The summed E-state index contributed by atoms with van der Waals surface area (Å²) in [6.07, 6.45) is 0.958. The summed E-state index contributed by atoms with van der Waals surface area (Å²) in [4.78, 5) is 13.8. The van der Waals surface area contributed by atoms with Crippen molar-refractivity contribution in [3.05, 3.63) is 59.7 Å². The van der Waals surface area contributed by atoms with Crippen LogP contribution in [-0.2, 0) is 10.0 Å². The molecule has 1 atom stereocenters. The van der Waals surface area contributed by atoms with Crippen molar-refractivity contribution in [2.45, 2.75) is 25.2 Å². The monoisotopic (exact) mass is 372 g/mol. The molecule has 1 aliphatic rings. The Morgan fingerprint density at radius 1 is 1.12 bits per heavy atom. The number of hydrogen-bond donors (Lipinski definition) is 1. The number of nitrogens with zero attached hydrogens (tertiary/aromatic N) is 1. The average molecular weight is 372 g/mol. The molecule has 0 radical (unpaired) electrons. The fourth-order valence-corrected chi connectivity index (χ4v) is 4.29. The third kappa shape index (κ3) is 4.31. The molecular weight excluding hydrogens is 348 g/mol. The lowest BCUT2D eigenvalue weighted by atomic mass is 10.1. The molecule has 6 heteroatoms. The molecule has 1 unspecified atom stereocenters. The standard InChI is InChI=1S/C20H24N2O3S/c1-15-3-7-19(8-4-15)22-12-11-17(14-22)13-21-26(24,25)20-9-5-18(6-10-20)16(2)23/h3-10,17,21H,11-14H2,1-2H3. The van der Waals surface area contributed by atoms with Gasteiger partial charge in [-0.15, -0.1) is 0 Å². The smallest absolute Gasteiger partial charge is 0.240 e. The van der Waals surface area contributed by atoms with Crippen LogP contribution in [0.15, 0.2) is 53.4 Å². The maximum Gasteiger partial charge on any atom is 0.240 e. The molecular formula is C20H24N2O3S. The lowest BCUT2D eigenvalue weighted by Gasteiger charge is -2.19. The maximum absolute atomic E-state index is 12.4. The molecule has 26 heavy (non-hydrogen) atoms. The summed E-state index contributed by atoms with van der Waals surface area (Å²) in [6.45, 7) is 5.71. The number of carbonyl (C=O) groups is 1. The number of carbonyl (C=O) groups excluding carboxylic acids is 1. The molecule has 5 nitrogen and oxygen atoms in total. The van der Waals surface area contributed by atoms with E-state index in [2.05, 4.69) is 40.8 Å². The summed E-state index contributed by atoms with van der Waals surface area (Å²) in [6, 6.07) is 14.5. The van der Waals surface area contributed by atoms with E-state index in [-0.39, 0.29) is 16.6 Å². The lowest BCUT2D eigenvalue weighted by molar-refractivity contribution is 0.101. The molecule has 1 aliphatic heterocycles. The zero-order chi connectivity index (χ0) is 18.7. The summed E-state index contributed by atoms with van der Waals surface area (Å²) in [5.41, 5.74) is 2.92. The third-order valence-electron chi connectivity index (χ3n) is 4.82. The van der Waals surface area contributed by atoms with Gasteiger partial charge in [0.25, 0.3) is 0 Å². The first-order valence-corrected chi connectivity index (χ1v) is 10.3. The number of aryl methyl sites for hydroxylation is 1. The number of ketones is 1. The third-order valence-corrected chi connectivity index (χ3v) is 6.26. The molecule has 2 aromatic rings. The average Bonchev–Trinajstić information content (AvgIpc) is 3.10. The fraction of sp³-hybridized carbons (Fsp3) is 0.350. The SMILES string of the molecule is CC(=O)c1ccc(S(=O)(=O)NCC2CCN(c3ccc(C)cc3)C2)cc1. The van der Waals surface area contributed by atoms with E-state index in [0.717, 1.165) is 19.5 Å². The summed E-state index contributed by atoms with van der Waals surface area (Å²) in [5, 5.41) is 0. The Kier molecular flexibility index (Phi) is 5.44. The van der Waals surface area contributed by atoms with Crippen LogP contribution in [0.4, 0.5) is 5.69 Å². The van der Waals surface area contributed by atoms with Crippen LogP contribution in [0.2, 0.25) is 0 Å². The van der Waals surface area contributed by atoms with Crippen LogP contribution in [-0.4, -0.2) is 33.8 Å². The van der Waals surface area contributed by atoms with Crippen molar-refractivity contribution in [2.24, 2.45) is 5.92 Å². The summed E-state index contributed by atoms with van der Waals surface area (Å²) in [5.74, 6) is 0.201. The molecule has 1 fully saturated rings. The molecule has 0 bridgehead atoms. The van der Waals surface area contributed by atoms with Crippen molar-refractivity contribution in [1.82, 2.24) is 4.72 Å². The highest BCUT2D eigenvalue weighted by Gasteiger charge is 2.24. The van der Waals surface area contributed by atoms with Crippen molar-refractivity contribution in [3.63, 3.8) is 0 Å². The molecule has 0 spiro atoms. The van der Waals surface area contributed by atoms with Crippen LogP contribution in [0, 0.1) is 12.8 Å². The van der Waals surface area contributed by atoms with E-state index in [1.54, 1.807) is 12.1 Å². The molecule has 0 amide bonds. The van der Waals surface area contributed by atoms with Crippen LogP contribution >= 0.6 is 0 Å². The summed E-state index contributed by atoms with van der Waals surface area (Å²) in [7, 11) is -3.56. The summed E-state index contributed by atoms with van der Waals surface area (Å²) >= 11 is 0. The van der Waals surface area contributed by atoms with E-state index >= 15 is 0 Å². The highest BCUT2D eigenvalue weighted by atomic mass is 32.2. The minimum atomic E-state index is -3.56. The Morgan fingerprint density at radius 3 is 2.38 bits per heavy atom. The second-order valence-corrected chi connectivity index (χ2v) is 8.64. The molecule has 1 heterocycles. The Hall–Kier alpha value is -2.18. The number of hydrogen-bond acceptors (Lipinski definition) is 4. The first-order chi connectivity index (χ1) is 12.3. The van der Waals surface area contributed by atoms with Gasteiger partial charge >= 0.3 is 0 Å². The van der Waals surface area contributed by atoms with Gasteiger partial charge < -0.3 is 4.90 Å². The number of nitrogens with one attached hydrogen (secondary N) is 1. The Bertz CT molecular complexity index is 874. The molecule has 1 N–H and O–H groups in total. The number of anilines is 1. The van der Waals surface area contributed by atoms with E-state index in [4.69, 9.17) is 0 Å². The van der Waals surface area contributed by atoms with Crippen molar-refractivity contribution in [1.29, 1.82) is 0 Å². The molecule has 3 rings (SSSR count). The molecule has 0 aromatic heterocycles. The first kappa shape index (κ1) is 18.6. The van der Waals surface area contributed by atoms with Crippen LogP contribution in [0.5, 0.6) is 0 Å². The highest BCUT2D eigenvalue weighted by molar-refractivity contribution is 7.89. The van der Waals surface area contributed by atoms with Gasteiger partial charge in [0.05, 0.1) is 4.90 Å². The largest absolute Gasteiger partial charge is 0.371 e. The molecule has 138 valence electrons. The number of benzene rings is 2. The van der Waals surface area contributed by atoms with Crippen molar-refractivity contribution in [2.75, 3.05) is 24.5 Å². The van der Waals surface area contributed by atoms with Gasteiger partial charge in [-0.3, -0.25) is 4.79 Å². The van der Waals surface area contributed by atoms with Gasteiger partial charge in [0.2, 0.25) is 10.0 Å². The zero-order valence-electron chi connectivity index (χ0n) is 15.1. The van der Waals surface area contributed by atoms with Crippen LogP contribution in [0.1, 0.15) is 29.3 Å². The number of sulfonamides is 1. The lowest BCUT2D eigenvalue weighted by Crippen LogP contribution is -2.31. The van der Waals surface area contributed by atoms with Gasteiger partial charge in [0.15, 0.2) is 5.78 Å². The minimum absolute atomic E-state index is 0.0796. The van der Waals surface area contributed by atoms with E-state index in [9.17, 15) is 13.2 Å². The maximum atomic E-state index is 12.4. The normalized spacial score (nSPS) is 17.5. The Balaban J connectivity index is 1.58. The van der Waals surface area contributed by atoms with Gasteiger partial charge in [0.1, 0.15) is 0 Å². The van der Waals surface area contributed by atoms with Crippen LogP contribution in [0.25, 0.3) is 0 Å². The Labute approximate surface area is 155 Å². The fourth-order valence-electron chi connectivity index (χ4n) is 3.17. The zero-order valence-corrected chi connectivity index (χ0v) is 15.9. The number of rotatable bonds is 6. The second kappa shape index (κ2) is 7.60. The van der Waals surface area contributed by atoms with Crippen molar-refractivity contribution < 1.29 is 13.2 Å². The van der Waals surface area contributed by atoms with E-state index < -0.39 is 10.0 Å². The highest BCUT2D eigenvalue weighted by Crippen LogP contribution is 2.24. The van der Waals surface area contributed by atoms with Gasteiger partial charge in [-0.2, -0.15) is 0 Å². The van der Waals surface area contributed by atoms with Crippen molar-refractivity contribution in [3.8, 4) is 0 Å². The topological polar surface area (TPSA) is 66.5 Å². The predicted octanol–water partition coefficient (Wildman–Crippen LogP) is 3.00. The minimum Gasteiger partial charge on any atom is -0.371 e. The van der Waals surface area contributed by atoms with Crippen molar-refractivity contribution >= 4 is 21.5 Å². The van der Waals surface area contributed by atoms with Crippen LogP contribution < -0.4 is 9.62 Å². The van der Waals surface area contributed by atoms with Gasteiger partial charge in [-0.25, -0.2) is 13.1 Å².